The van der Waals surface area contributed by atoms with Gasteiger partial charge in [-0.15, -0.1) is 0 Å². The lowest BCUT2D eigenvalue weighted by atomic mass is 9.97. The molecule has 0 spiro atoms. The minimum absolute atomic E-state index is 0.00576. The van der Waals surface area contributed by atoms with Gasteiger partial charge in [0.25, 0.3) is 0 Å². The summed E-state index contributed by atoms with van der Waals surface area (Å²) in [5.74, 6) is 2.94. The normalized spacial score (nSPS) is 10.6. The summed E-state index contributed by atoms with van der Waals surface area (Å²) in [7, 11) is 3.27. The Hall–Kier alpha value is -4.45. The minimum Gasteiger partial charge on any atom is -0.497 e. The maximum atomic E-state index is 11.2. The molecule has 4 aromatic carbocycles. The molecule has 0 bridgehead atoms. The SMILES string of the molecule is COc1cc(COc2cc(OCc3cccc(-c4ccccc4)c3C)ccc2CCCCNC(C)=O)cc(OC)c1. The van der Waals surface area contributed by atoms with Crippen molar-refractivity contribution in [3.8, 4) is 34.1 Å². The maximum Gasteiger partial charge on any atom is 0.216 e. The molecular weight excluding hydrogens is 514 g/mol. The lowest BCUT2D eigenvalue weighted by molar-refractivity contribution is -0.118. The Morgan fingerprint density at radius 1 is 0.732 bits per heavy atom. The number of benzene rings is 4. The number of rotatable bonds is 14. The van der Waals surface area contributed by atoms with E-state index in [9.17, 15) is 4.79 Å². The number of aryl methyl sites for hydroxylation is 1. The molecule has 0 aliphatic heterocycles. The van der Waals surface area contributed by atoms with E-state index in [1.807, 2.05) is 36.4 Å². The number of carbonyl (C=O) groups is 1. The Kier molecular flexibility index (Phi) is 10.7. The molecule has 0 radical (unpaired) electrons. The Labute approximate surface area is 243 Å². The summed E-state index contributed by atoms with van der Waals surface area (Å²) in [6.07, 6.45) is 2.64. The average Bonchev–Trinajstić information content (AvgIpc) is 3.00. The minimum atomic E-state index is -0.00576. The standard InChI is InChI=1S/C35H39NO5/c1-25-30(14-10-15-34(25)28-11-6-5-7-12-28)24-40-31-17-16-29(13-8-9-18-36-26(2)37)35(22-31)41-23-27-19-32(38-3)21-33(20-27)39-4/h5-7,10-12,14-17,19-22H,8-9,13,18,23-24H2,1-4H3,(H,36,37). The molecule has 0 heterocycles. The van der Waals surface area contributed by atoms with E-state index < -0.39 is 0 Å². The van der Waals surface area contributed by atoms with Crippen LogP contribution in [0.1, 0.15) is 42.0 Å². The number of methoxy groups -OCH3 is 2. The van der Waals surface area contributed by atoms with Gasteiger partial charge in [0.05, 0.1) is 14.2 Å². The van der Waals surface area contributed by atoms with Crippen LogP contribution in [0.2, 0.25) is 0 Å². The zero-order valence-electron chi connectivity index (χ0n) is 24.4. The molecule has 0 saturated carbocycles. The van der Waals surface area contributed by atoms with Gasteiger partial charge in [-0.05, 0) is 77.8 Å². The summed E-state index contributed by atoms with van der Waals surface area (Å²) in [5.41, 5.74) is 6.78. The quantitative estimate of drug-likeness (QED) is 0.166. The van der Waals surface area contributed by atoms with E-state index in [1.54, 1.807) is 14.2 Å². The first-order valence-electron chi connectivity index (χ1n) is 14.0. The summed E-state index contributed by atoms with van der Waals surface area (Å²) in [4.78, 5) is 11.2. The summed E-state index contributed by atoms with van der Waals surface area (Å²) < 4.78 is 23.5. The van der Waals surface area contributed by atoms with Crippen molar-refractivity contribution in [2.75, 3.05) is 20.8 Å². The molecule has 0 aliphatic rings. The van der Waals surface area contributed by atoms with Gasteiger partial charge in [-0.25, -0.2) is 0 Å². The molecule has 0 unspecified atom stereocenters. The Balaban J connectivity index is 1.50. The predicted molar refractivity (Wildman–Crippen MR) is 163 cm³/mol. The van der Waals surface area contributed by atoms with Gasteiger partial charge in [0.15, 0.2) is 0 Å². The molecule has 4 rings (SSSR count). The average molecular weight is 554 g/mol. The Morgan fingerprint density at radius 2 is 1.49 bits per heavy atom. The van der Waals surface area contributed by atoms with Gasteiger partial charge >= 0.3 is 0 Å². The zero-order chi connectivity index (χ0) is 29.0. The second-order valence-electron chi connectivity index (χ2n) is 9.96. The van der Waals surface area contributed by atoms with Crippen molar-refractivity contribution in [1.82, 2.24) is 5.32 Å². The third kappa shape index (κ3) is 8.52. The highest BCUT2D eigenvalue weighted by Gasteiger charge is 2.11. The number of nitrogens with one attached hydrogen (secondary N) is 1. The van der Waals surface area contributed by atoms with Crippen molar-refractivity contribution >= 4 is 5.91 Å². The molecule has 214 valence electrons. The molecular formula is C35H39NO5. The van der Waals surface area contributed by atoms with Crippen LogP contribution in [0.3, 0.4) is 0 Å². The zero-order valence-corrected chi connectivity index (χ0v) is 24.4. The van der Waals surface area contributed by atoms with Gasteiger partial charge in [0.1, 0.15) is 36.2 Å². The fourth-order valence-electron chi connectivity index (χ4n) is 4.71. The largest absolute Gasteiger partial charge is 0.497 e. The Morgan fingerprint density at radius 3 is 2.20 bits per heavy atom. The van der Waals surface area contributed by atoms with E-state index in [0.717, 1.165) is 47.5 Å². The third-order valence-electron chi connectivity index (χ3n) is 7.02. The lowest BCUT2D eigenvalue weighted by Crippen LogP contribution is -2.20. The van der Waals surface area contributed by atoms with Gasteiger partial charge in [-0.1, -0.05) is 54.6 Å². The van der Waals surface area contributed by atoms with Gasteiger partial charge in [0.2, 0.25) is 5.91 Å². The van der Waals surface area contributed by atoms with E-state index in [4.69, 9.17) is 18.9 Å². The fourth-order valence-corrected chi connectivity index (χ4v) is 4.71. The van der Waals surface area contributed by atoms with Crippen LogP contribution in [0, 0.1) is 6.92 Å². The third-order valence-corrected chi connectivity index (χ3v) is 7.02. The number of unbranched alkanes of at least 4 members (excludes halogenated alkanes) is 1. The molecule has 6 nitrogen and oxygen atoms in total. The lowest BCUT2D eigenvalue weighted by Gasteiger charge is -2.16. The molecule has 0 atom stereocenters. The van der Waals surface area contributed by atoms with E-state index in [0.29, 0.717) is 31.3 Å². The van der Waals surface area contributed by atoms with Crippen molar-refractivity contribution < 1.29 is 23.7 Å². The van der Waals surface area contributed by atoms with E-state index in [1.165, 1.54) is 23.6 Å². The summed E-state index contributed by atoms with van der Waals surface area (Å²) in [6, 6.07) is 28.5. The van der Waals surface area contributed by atoms with E-state index in [2.05, 4.69) is 60.8 Å². The molecule has 0 aliphatic carbocycles. The molecule has 41 heavy (non-hydrogen) atoms. The van der Waals surface area contributed by atoms with E-state index >= 15 is 0 Å². The first-order chi connectivity index (χ1) is 20.0. The van der Waals surface area contributed by atoms with Crippen LogP contribution in [0.4, 0.5) is 0 Å². The number of hydrogen-bond donors (Lipinski definition) is 1. The predicted octanol–water partition coefficient (Wildman–Crippen LogP) is 7.30. The second-order valence-corrected chi connectivity index (χ2v) is 9.96. The number of carbonyl (C=O) groups excluding carboxylic acids is 1. The van der Waals surface area contributed by atoms with Crippen LogP contribution in [0.5, 0.6) is 23.0 Å². The van der Waals surface area contributed by atoms with Crippen LogP contribution < -0.4 is 24.3 Å². The highest BCUT2D eigenvalue weighted by molar-refractivity contribution is 5.72. The molecule has 0 saturated heterocycles. The van der Waals surface area contributed by atoms with Crippen molar-refractivity contribution in [2.45, 2.75) is 46.3 Å². The highest BCUT2D eigenvalue weighted by Crippen LogP contribution is 2.31. The van der Waals surface area contributed by atoms with Crippen molar-refractivity contribution in [2.24, 2.45) is 0 Å². The first-order valence-corrected chi connectivity index (χ1v) is 14.0. The van der Waals surface area contributed by atoms with E-state index in [-0.39, 0.29) is 5.91 Å². The summed E-state index contributed by atoms with van der Waals surface area (Å²) >= 11 is 0. The van der Waals surface area contributed by atoms with Gasteiger partial charge in [0, 0.05) is 25.6 Å². The van der Waals surface area contributed by atoms with Crippen LogP contribution in [0.15, 0.2) is 84.9 Å². The van der Waals surface area contributed by atoms with Crippen LogP contribution in [-0.4, -0.2) is 26.7 Å². The number of hydrogen-bond acceptors (Lipinski definition) is 5. The first kappa shape index (κ1) is 29.5. The monoisotopic (exact) mass is 553 g/mol. The van der Waals surface area contributed by atoms with Crippen LogP contribution in [-0.2, 0) is 24.4 Å². The molecule has 4 aromatic rings. The molecule has 1 amide bonds. The highest BCUT2D eigenvalue weighted by atomic mass is 16.5. The van der Waals surface area contributed by atoms with Crippen LogP contribution >= 0.6 is 0 Å². The van der Waals surface area contributed by atoms with Crippen LogP contribution in [0.25, 0.3) is 11.1 Å². The van der Waals surface area contributed by atoms with Crippen molar-refractivity contribution in [3.05, 3.63) is 107 Å². The number of amides is 1. The van der Waals surface area contributed by atoms with Crippen molar-refractivity contribution in [1.29, 1.82) is 0 Å². The topological polar surface area (TPSA) is 66.0 Å². The molecule has 6 heteroatoms. The molecule has 1 N–H and O–H groups in total. The molecule has 0 aromatic heterocycles. The van der Waals surface area contributed by atoms with Crippen molar-refractivity contribution in [3.63, 3.8) is 0 Å². The number of ether oxygens (including phenoxy) is 4. The van der Waals surface area contributed by atoms with Gasteiger partial charge in [-0.3, -0.25) is 4.79 Å². The summed E-state index contributed by atoms with van der Waals surface area (Å²) in [5, 5.41) is 2.86. The van der Waals surface area contributed by atoms with Gasteiger partial charge in [-0.2, -0.15) is 0 Å². The fraction of sp³-hybridized carbons (Fsp3) is 0.286. The molecule has 0 fully saturated rings. The summed E-state index contributed by atoms with van der Waals surface area (Å²) in [6.45, 7) is 5.15. The second kappa shape index (κ2) is 14.8. The maximum absolute atomic E-state index is 11.2. The smallest absolute Gasteiger partial charge is 0.216 e. The Bertz CT molecular complexity index is 1410. The van der Waals surface area contributed by atoms with Gasteiger partial charge < -0.3 is 24.3 Å².